The minimum Gasteiger partial charge on any atom is -0.481 e. The van der Waals surface area contributed by atoms with Crippen molar-refractivity contribution in [2.24, 2.45) is 0 Å². The molecule has 4 nitrogen and oxygen atoms in total. The third-order valence-electron chi connectivity index (χ3n) is 4.05. The van der Waals surface area contributed by atoms with Crippen LogP contribution in [0.2, 0.25) is 5.02 Å². The number of hydrogen-bond donors (Lipinski definition) is 0. The molecule has 0 amide bonds. The molecular formula is C21H15ClO4. The van der Waals surface area contributed by atoms with Crippen LogP contribution in [-0.2, 0) is 6.61 Å². The summed E-state index contributed by atoms with van der Waals surface area (Å²) in [6.45, 7) is 2.16. The summed E-state index contributed by atoms with van der Waals surface area (Å²) in [4.78, 5) is 13.0. The molecule has 0 fully saturated rings. The first-order chi connectivity index (χ1) is 12.6. The van der Waals surface area contributed by atoms with Gasteiger partial charge in [-0.1, -0.05) is 29.8 Å². The highest BCUT2D eigenvalue weighted by atomic mass is 35.5. The van der Waals surface area contributed by atoms with Gasteiger partial charge in [-0.2, -0.15) is 0 Å². The standard InChI is InChI=1S/C21H15ClO4/c1-13-4-9-16-18(11-13)26-20(17-3-2-10-24-17)21(19(16)23)25-12-14-5-7-15(22)8-6-14/h2-11H,12H2,1H3. The van der Waals surface area contributed by atoms with Crippen molar-refractivity contribution in [2.45, 2.75) is 13.5 Å². The van der Waals surface area contributed by atoms with Crippen LogP contribution in [0, 0.1) is 6.92 Å². The summed E-state index contributed by atoms with van der Waals surface area (Å²) in [6, 6.07) is 16.2. The van der Waals surface area contributed by atoms with Crippen molar-refractivity contribution in [2.75, 3.05) is 0 Å². The van der Waals surface area contributed by atoms with Gasteiger partial charge in [0.15, 0.2) is 5.76 Å². The normalized spacial score (nSPS) is 11.0. The van der Waals surface area contributed by atoms with Crippen LogP contribution in [0.25, 0.3) is 22.5 Å². The van der Waals surface area contributed by atoms with Gasteiger partial charge >= 0.3 is 0 Å². The summed E-state index contributed by atoms with van der Waals surface area (Å²) in [5.74, 6) is 0.856. The highest BCUT2D eigenvalue weighted by Crippen LogP contribution is 2.32. The topological polar surface area (TPSA) is 52.6 Å². The Morgan fingerprint density at radius 2 is 1.88 bits per heavy atom. The Morgan fingerprint density at radius 3 is 2.62 bits per heavy atom. The SMILES string of the molecule is Cc1ccc2c(=O)c(OCc3ccc(Cl)cc3)c(-c3ccco3)oc2c1. The maximum atomic E-state index is 13.0. The van der Waals surface area contributed by atoms with Crippen LogP contribution in [0.4, 0.5) is 0 Å². The van der Waals surface area contributed by atoms with Gasteiger partial charge in [-0.05, 0) is 54.4 Å². The van der Waals surface area contributed by atoms with Crippen LogP contribution in [-0.4, -0.2) is 0 Å². The number of furan rings is 1. The van der Waals surface area contributed by atoms with E-state index in [9.17, 15) is 4.79 Å². The van der Waals surface area contributed by atoms with Crippen LogP contribution >= 0.6 is 11.6 Å². The van der Waals surface area contributed by atoms with Crippen LogP contribution in [0.5, 0.6) is 5.75 Å². The van der Waals surface area contributed by atoms with Gasteiger partial charge in [-0.15, -0.1) is 0 Å². The minimum absolute atomic E-state index is 0.131. The average molecular weight is 367 g/mol. The first-order valence-corrected chi connectivity index (χ1v) is 8.48. The number of rotatable bonds is 4. The molecule has 0 unspecified atom stereocenters. The zero-order chi connectivity index (χ0) is 18.1. The fourth-order valence-electron chi connectivity index (χ4n) is 2.72. The molecule has 0 aliphatic rings. The molecule has 130 valence electrons. The lowest BCUT2D eigenvalue weighted by Crippen LogP contribution is -2.10. The van der Waals surface area contributed by atoms with Crippen molar-refractivity contribution >= 4 is 22.6 Å². The molecule has 0 spiro atoms. The number of aryl methyl sites for hydroxylation is 1. The Bertz CT molecular complexity index is 1110. The minimum atomic E-state index is -0.230. The van der Waals surface area contributed by atoms with Crippen molar-refractivity contribution in [1.29, 1.82) is 0 Å². The zero-order valence-corrected chi connectivity index (χ0v) is 14.7. The van der Waals surface area contributed by atoms with Gasteiger partial charge in [-0.25, -0.2) is 0 Å². The van der Waals surface area contributed by atoms with E-state index in [-0.39, 0.29) is 23.5 Å². The smallest absolute Gasteiger partial charge is 0.235 e. The van der Waals surface area contributed by atoms with Crippen molar-refractivity contribution in [3.8, 4) is 17.3 Å². The van der Waals surface area contributed by atoms with E-state index in [1.165, 1.54) is 6.26 Å². The van der Waals surface area contributed by atoms with Gasteiger partial charge in [0, 0.05) is 5.02 Å². The summed E-state index contributed by atoms with van der Waals surface area (Å²) >= 11 is 5.91. The van der Waals surface area contributed by atoms with Gasteiger partial charge in [0.1, 0.15) is 12.2 Å². The maximum Gasteiger partial charge on any atom is 0.235 e. The van der Waals surface area contributed by atoms with Crippen LogP contribution in [0.15, 0.2) is 74.5 Å². The molecule has 0 atom stereocenters. The van der Waals surface area contributed by atoms with E-state index in [2.05, 4.69) is 0 Å². The summed E-state index contributed by atoms with van der Waals surface area (Å²) in [5.41, 5.74) is 2.16. The zero-order valence-electron chi connectivity index (χ0n) is 14.0. The predicted octanol–water partition coefficient (Wildman–Crippen LogP) is 5.59. The van der Waals surface area contributed by atoms with Crippen LogP contribution < -0.4 is 10.2 Å². The molecule has 0 saturated heterocycles. The van der Waals surface area contributed by atoms with Gasteiger partial charge in [0.2, 0.25) is 16.9 Å². The lowest BCUT2D eigenvalue weighted by molar-refractivity contribution is 0.296. The molecule has 2 aromatic carbocycles. The molecule has 0 aliphatic carbocycles. The average Bonchev–Trinajstić information content (AvgIpc) is 3.16. The third kappa shape index (κ3) is 3.11. The predicted molar refractivity (Wildman–Crippen MR) is 101 cm³/mol. The number of ether oxygens (including phenoxy) is 1. The van der Waals surface area contributed by atoms with Crippen molar-refractivity contribution < 1.29 is 13.6 Å². The maximum absolute atomic E-state index is 13.0. The summed E-state index contributed by atoms with van der Waals surface area (Å²) in [6.07, 6.45) is 1.53. The molecule has 0 bridgehead atoms. The third-order valence-corrected chi connectivity index (χ3v) is 4.30. The lowest BCUT2D eigenvalue weighted by atomic mass is 10.1. The van der Waals surface area contributed by atoms with E-state index < -0.39 is 0 Å². The second kappa shape index (κ2) is 6.73. The Kier molecular flexibility index (Phi) is 4.27. The lowest BCUT2D eigenvalue weighted by Gasteiger charge is -2.10. The van der Waals surface area contributed by atoms with E-state index in [0.717, 1.165) is 11.1 Å². The van der Waals surface area contributed by atoms with Crippen molar-refractivity contribution in [3.05, 3.63) is 87.2 Å². The molecule has 0 radical (unpaired) electrons. The molecule has 4 rings (SSSR count). The van der Waals surface area contributed by atoms with E-state index in [0.29, 0.717) is 21.8 Å². The largest absolute Gasteiger partial charge is 0.481 e. The number of fused-ring (bicyclic) bond motifs is 1. The van der Waals surface area contributed by atoms with Crippen LogP contribution in [0.3, 0.4) is 0 Å². The molecule has 0 N–H and O–H groups in total. The number of hydrogen-bond acceptors (Lipinski definition) is 4. The Hall–Kier alpha value is -2.98. The molecule has 5 heteroatoms. The highest BCUT2D eigenvalue weighted by Gasteiger charge is 2.19. The highest BCUT2D eigenvalue weighted by molar-refractivity contribution is 6.30. The number of benzene rings is 2. The Balaban J connectivity index is 1.82. The molecule has 0 saturated carbocycles. The summed E-state index contributed by atoms with van der Waals surface area (Å²) in [5, 5.41) is 1.11. The van der Waals surface area contributed by atoms with Gasteiger partial charge < -0.3 is 13.6 Å². The van der Waals surface area contributed by atoms with Gasteiger partial charge in [-0.3, -0.25) is 4.79 Å². The molecular weight excluding hydrogens is 352 g/mol. The monoisotopic (exact) mass is 366 g/mol. The fraction of sp³-hybridized carbons (Fsp3) is 0.0952. The molecule has 2 heterocycles. The number of halogens is 1. The quantitative estimate of drug-likeness (QED) is 0.472. The Morgan fingerprint density at radius 1 is 1.08 bits per heavy atom. The van der Waals surface area contributed by atoms with E-state index in [4.69, 9.17) is 25.2 Å². The van der Waals surface area contributed by atoms with Crippen molar-refractivity contribution in [3.63, 3.8) is 0 Å². The van der Waals surface area contributed by atoms with Crippen molar-refractivity contribution in [1.82, 2.24) is 0 Å². The first kappa shape index (κ1) is 16.5. The Labute approximate surface area is 154 Å². The molecule has 2 aromatic heterocycles. The molecule has 26 heavy (non-hydrogen) atoms. The fourth-order valence-corrected chi connectivity index (χ4v) is 2.85. The second-order valence-corrected chi connectivity index (χ2v) is 6.42. The van der Waals surface area contributed by atoms with E-state index >= 15 is 0 Å². The molecule has 0 aliphatic heterocycles. The van der Waals surface area contributed by atoms with Gasteiger partial charge in [0.05, 0.1) is 11.6 Å². The van der Waals surface area contributed by atoms with Crippen LogP contribution in [0.1, 0.15) is 11.1 Å². The van der Waals surface area contributed by atoms with E-state index in [1.807, 2.05) is 31.2 Å². The first-order valence-electron chi connectivity index (χ1n) is 8.10. The van der Waals surface area contributed by atoms with Gasteiger partial charge in [0.25, 0.3) is 0 Å². The summed E-state index contributed by atoms with van der Waals surface area (Å²) in [7, 11) is 0. The summed E-state index contributed by atoms with van der Waals surface area (Å²) < 4.78 is 17.2. The van der Waals surface area contributed by atoms with E-state index in [1.54, 1.807) is 30.3 Å². The molecule has 4 aromatic rings. The second-order valence-electron chi connectivity index (χ2n) is 5.98.